The summed E-state index contributed by atoms with van der Waals surface area (Å²) < 4.78 is 32.1. The number of sulfonamides is 1. The molecule has 1 amide bonds. The van der Waals surface area contributed by atoms with Gasteiger partial charge in [0.1, 0.15) is 4.90 Å². The van der Waals surface area contributed by atoms with E-state index in [4.69, 9.17) is 27.9 Å². The fourth-order valence-corrected chi connectivity index (χ4v) is 5.67. The van der Waals surface area contributed by atoms with Gasteiger partial charge in [-0.25, -0.2) is 8.42 Å². The predicted molar refractivity (Wildman–Crippen MR) is 107 cm³/mol. The molecule has 28 heavy (non-hydrogen) atoms. The van der Waals surface area contributed by atoms with Gasteiger partial charge in [-0.1, -0.05) is 29.3 Å². The summed E-state index contributed by atoms with van der Waals surface area (Å²) in [5.74, 6) is -1.17. The summed E-state index contributed by atoms with van der Waals surface area (Å²) in [5.41, 5.74) is 0. The Morgan fingerprint density at radius 2 is 1.68 bits per heavy atom. The van der Waals surface area contributed by atoms with Crippen LogP contribution in [0.3, 0.4) is 0 Å². The first-order chi connectivity index (χ1) is 13.2. The van der Waals surface area contributed by atoms with Gasteiger partial charge in [0.05, 0.1) is 16.0 Å². The molecule has 0 aliphatic carbocycles. The minimum Gasteiger partial charge on any atom is -0.455 e. The van der Waals surface area contributed by atoms with Crippen LogP contribution in [0.4, 0.5) is 0 Å². The standard InChI is InChI=1S/C18H24Cl2N2O5S/c1-3-21(4-2)16(23)12-27-18(24)13-8-10-22(11-9-13)28(25,26)17-14(19)6-5-7-15(17)20/h5-7,13H,3-4,8-12H2,1-2H3. The van der Waals surface area contributed by atoms with E-state index in [9.17, 15) is 18.0 Å². The molecule has 1 aromatic rings. The maximum atomic E-state index is 12.9. The van der Waals surface area contributed by atoms with Crippen molar-refractivity contribution in [3.8, 4) is 0 Å². The van der Waals surface area contributed by atoms with Crippen LogP contribution in [-0.4, -0.2) is 62.3 Å². The normalized spacial score (nSPS) is 16.0. The molecule has 1 aliphatic heterocycles. The van der Waals surface area contributed by atoms with Crippen LogP contribution in [0, 0.1) is 5.92 Å². The Kier molecular flexibility index (Phi) is 8.12. The molecule has 0 bridgehead atoms. The van der Waals surface area contributed by atoms with E-state index in [1.54, 1.807) is 11.0 Å². The highest BCUT2D eigenvalue weighted by Crippen LogP contribution is 2.33. The second-order valence-corrected chi connectivity index (χ2v) is 9.09. The number of carbonyl (C=O) groups is 2. The van der Waals surface area contributed by atoms with Crippen molar-refractivity contribution in [1.82, 2.24) is 9.21 Å². The highest BCUT2D eigenvalue weighted by molar-refractivity contribution is 7.89. The summed E-state index contributed by atoms with van der Waals surface area (Å²) >= 11 is 12.1. The van der Waals surface area contributed by atoms with Crippen molar-refractivity contribution >= 4 is 45.1 Å². The minimum absolute atomic E-state index is 0.0592. The van der Waals surface area contributed by atoms with E-state index < -0.39 is 21.9 Å². The number of hydrogen-bond donors (Lipinski definition) is 0. The van der Waals surface area contributed by atoms with E-state index in [0.29, 0.717) is 25.9 Å². The molecule has 10 heteroatoms. The zero-order valence-electron chi connectivity index (χ0n) is 15.9. The summed E-state index contributed by atoms with van der Waals surface area (Å²) in [6.07, 6.45) is 0.610. The van der Waals surface area contributed by atoms with Gasteiger partial charge in [-0.15, -0.1) is 0 Å². The number of rotatable bonds is 7. The van der Waals surface area contributed by atoms with Crippen molar-refractivity contribution in [2.45, 2.75) is 31.6 Å². The van der Waals surface area contributed by atoms with Crippen LogP contribution in [0.15, 0.2) is 23.1 Å². The average molecular weight is 451 g/mol. The minimum atomic E-state index is -3.86. The number of esters is 1. The molecule has 1 aliphatic rings. The maximum Gasteiger partial charge on any atom is 0.309 e. The monoisotopic (exact) mass is 450 g/mol. The van der Waals surface area contributed by atoms with Crippen molar-refractivity contribution in [3.63, 3.8) is 0 Å². The van der Waals surface area contributed by atoms with Gasteiger partial charge < -0.3 is 9.64 Å². The number of likely N-dealkylation sites (N-methyl/N-ethyl adjacent to an activating group) is 1. The number of nitrogens with zero attached hydrogens (tertiary/aromatic N) is 2. The van der Waals surface area contributed by atoms with E-state index in [1.165, 1.54) is 16.4 Å². The third-order valence-electron chi connectivity index (χ3n) is 4.76. The number of benzene rings is 1. The molecule has 0 unspecified atom stereocenters. The Balaban J connectivity index is 1.95. The highest BCUT2D eigenvalue weighted by Gasteiger charge is 2.35. The van der Waals surface area contributed by atoms with Crippen LogP contribution in [-0.2, 0) is 24.3 Å². The number of carbonyl (C=O) groups excluding carboxylic acids is 2. The van der Waals surface area contributed by atoms with Crippen molar-refractivity contribution in [2.75, 3.05) is 32.8 Å². The van der Waals surface area contributed by atoms with Crippen LogP contribution in [0.2, 0.25) is 10.0 Å². The number of halogens is 2. The van der Waals surface area contributed by atoms with Crippen LogP contribution in [0.1, 0.15) is 26.7 Å². The second kappa shape index (κ2) is 9.91. The summed E-state index contributed by atoms with van der Waals surface area (Å²) in [7, 11) is -3.86. The Labute approximate surface area is 175 Å². The Morgan fingerprint density at radius 1 is 1.14 bits per heavy atom. The topological polar surface area (TPSA) is 84.0 Å². The van der Waals surface area contributed by atoms with E-state index in [-0.39, 0.29) is 40.5 Å². The third-order valence-corrected chi connectivity index (χ3v) is 7.61. The smallest absolute Gasteiger partial charge is 0.309 e. The molecule has 0 saturated carbocycles. The molecule has 0 spiro atoms. The Bertz CT molecular complexity index is 799. The van der Waals surface area contributed by atoms with E-state index in [2.05, 4.69) is 0 Å². The van der Waals surface area contributed by atoms with Crippen LogP contribution in [0.5, 0.6) is 0 Å². The molecular formula is C18H24Cl2N2O5S. The Hall–Kier alpha value is -1.35. The van der Waals surface area contributed by atoms with Crippen LogP contribution >= 0.6 is 23.2 Å². The van der Waals surface area contributed by atoms with Crippen molar-refractivity contribution in [3.05, 3.63) is 28.2 Å². The average Bonchev–Trinajstić information content (AvgIpc) is 2.67. The molecule has 0 N–H and O–H groups in total. The summed E-state index contributed by atoms with van der Waals surface area (Å²) in [6, 6.07) is 4.51. The van der Waals surface area contributed by atoms with Crippen LogP contribution < -0.4 is 0 Å². The lowest BCUT2D eigenvalue weighted by atomic mass is 9.98. The lowest BCUT2D eigenvalue weighted by Crippen LogP contribution is -2.41. The molecule has 0 aromatic heterocycles. The van der Waals surface area contributed by atoms with Gasteiger partial charge in [-0.2, -0.15) is 4.31 Å². The number of ether oxygens (including phenoxy) is 1. The molecule has 1 aromatic carbocycles. The van der Waals surface area contributed by atoms with Gasteiger partial charge in [0.25, 0.3) is 5.91 Å². The predicted octanol–water partition coefficient (Wildman–Crippen LogP) is 2.81. The van der Waals surface area contributed by atoms with Crippen molar-refractivity contribution < 1.29 is 22.7 Å². The second-order valence-electron chi connectivity index (χ2n) is 6.40. The summed E-state index contributed by atoms with van der Waals surface area (Å²) in [5, 5.41) is 0.118. The zero-order chi connectivity index (χ0) is 20.9. The molecule has 1 saturated heterocycles. The van der Waals surface area contributed by atoms with Gasteiger partial charge in [0.15, 0.2) is 6.61 Å². The molecule has 0 atom stereocenters. The van der Waals surface area contributed by atoms with Gasteiger partial charge in [-0.3, -0.25) is 9.59 Å². The fraction of sp³-hybridized carbons (Fsp3) is 0.556. The molecule has 1 heterocycles. The zero-order valence-corrected chi connectivity index (χ0v) is 18.2. The molecule has 1 fully saturated rings. The van der Waals surface area contributed by atoms with Crippen molar-refractivity contribution in [2.24, 2.45) is 5.92 Å². The van der Waals surface area contributed by atoms with Gasteiger partial charge >= 0.3 is 5.97 Å². The summed E-state index contributed by atoms with van der Waals surface area (Å²) in [4.78, 5) is 25.6. The van der Waals surface area contributed by atoms with E-state index in [1.807, 2.05) is 13.8 Å². The first kappa shape index (κ1) is 22.9. The lowest BCUT2D eigenvalue weighted by molar-refractivity contribution is -0.156. The number of hydrogen-bond acceptors (Lipinski definition) is 5. The highest BCUT2D eigenvalue weighted by atomic mass is 35.5. The fourth-order valence-electron chi connectivity index (χ4n) is 3.11. The molecular weight excluding hydrogens is 427 g/mol. The number of amides is 1. The van der Waals surface area contributed by atoms with Gasteiger partial charge in [0.2, 0.25) is 10.0 Å². The van der Waals surface area contributed by atoms with Crippen LogP contribution in [0.25, 0.3) is 0 Å². The van der Waals surface area contributed by atoms with Gasteiger partial charge in [-0.05, 0) is 38.8 Å². The van der Waals surface area contributed by atoms with Crippen molar-refractivity contribution in [1.29, 1.82) is 0 Å². The van der Waals surface area contributed by atoms with E-state index in [0.717, 1.165) is 0 Å². The quantitative estimate of drug-likeness (QED) is 0.596. The Morgan fingerprint density at radius 3 is 2.18 bits per heavy atom. The molecule has 156 valence electrons. The maximum absolute atomic E-state index is 12.9. The third kappa shape index (κ3) is 5.17. The number of piperidine rings is 1. The van der Waals surface area contributed by atoms with Gasteiger partial charge in [0, 0.05) is 26.2 Å². The van der Waals surface area contributed by atoms with E-state index >= 15 is 0 Å². The first-order valence-electron chi connectivity index (χ1n) is 9.10. The largest absolute Gasteiger partial charge is 0.455 e. The SMILES string of the molecule is CCN(CC)C(=O)COC(=O)C1CCN(S(=O)(=O)c2c(Cl)cccc2Cl)CC1. The summed E-state index contributed by atoms with van der Waals surface area (Å²) in [6.45, 7) is 4.80. The molecule has 2 rings (SSSR count). The molecule has 7 nitrogen and oxygen atoms in total. The molecule has 0 radical (unpaired) electrons. The lowest BCUT2D eigenvalue weighted by Gasteiger charge is -2.30. The first-order valence-corrected chi connectivity index (χ1v) is 11.3.